The Hall–Kier alpha value is -1.35. The zero-order chi connectivity index (χ0) is 10.1. The molecule has 1 aromatic heterocycles. The lowest BCUT2D eigenvalue weighted by Crippen LogP contribution is -2.15. The van der Waals surface area contributed by atoms with Crippen molar-refractivity contribution in [2.75, 3.05) is 6.61 Å². The molecule has 0 bridgehead atoms. The third kappa shape index (κ3) is 1.63. The average molecular weight is 202 g/mol. The Labute approximate surface area is 88.7 Å². The summed E-state index contributed by atoms with van der Waals surface area (Å²) in [5, 5.41) is 5.60. The van der Waals surface area contributed by atoms with E-state index in [9.17, 15) is 0 Å². The van der Waals surface area contributed by atoms with Crippen LogP contribution in [0.15, 0.2) is 30.5 Å². The van der Waals surface area contributed by atoms with Crippen LogP contribution in [0.3, 0.4) is 0 Å². The van der Waals surface area contributed by atoms with Gasteiger partial charge in [-0.3, -0.25) is 4.68 Å². The molecule has 15 heavy (non-hydrogen) atoms. The molecule has 0 saturated carbocycles. The molecule has 1 fully saturated rings. The first-order valence-corrected chi connectivity index (χ1v) is 5.45. The Morgan fingerprint density at radius 2 is 2.33 bits per heavy atom. The average Bonchev–Trinajstić information content (AvgIpc) is 2.89. The Morgan fingerprint density at radius 3 is 3.20 bits per heavy atom. The number of fused-ring (bicyclic) bond motifs is 1. The second-order valence-corrected chi connectivity index (χ2v) is 4.02. The number of hydrogen-bond donors (Lipinski definition) is 0. The van der Waals surface area contributed by atoms with Gasteiger partial charge in [0, 0.05) is 12.0 Å². The summed E-state index contributed by atoms with van der Waals surface area (Å²) in [7, 11) is 0. The molecule has 0 amide bonds. The lowest BCUT2D eigenvalue weighted by molar-refractivity contribution is 0.0951. The van der Waals surface area contributed by atoms with Crippen molar-refractivity contribution in [1.29, 1.82) is 0 Å². The highest BCUT2D eigenvalue weighted by Gasteiger charge is 2.16. The molecule has 1 saturated heterocycles. The molecular formula is C12H14N2O. The van der Waals surface area contributed by atoms with Crippen LogP contribution in [0.1, 0.15) is 12.8 Å². The molecule has 0 radical (unpaired) electrons. The maximum absolute atomic E-state index is 5.61. The third-order valence-electron chi connectivity index (χ3n) is 2.95. The van der Waals surface area contributed by atoms with E-state index in [-0.39, 0.29) is 0 Å². The van der Waals surface area contributed by atoms with Crippen LogP contribution >= 0.6 is 0 Å². The van der Waals surface area contributed by atoms with Gasteiger partial charge in [0.25, 0.3) is 0 Å². The third-order valence-corrected chi connectivity index (χ3v) is 2.95. The molecule has 3 rings (SSSR count). The van der Waals surface area contributed by atoms with Crippen molar-refractivity contribution >= 4 is 10.9 Å². The minimum Gasteiger partial charge on any atom is -0.376 e. The van der Waals surface area contributed by atoms with Crippen LogP contribution in [0.4, 0.5) is 0 Å². The van der Waals surface area contributed by atoms with Gasteiger partial charge in [-0.2, -0.15) is 5.10 Å². The van der Waals surface area contributed by atoms with Crippen LogP contribution < -0.4 is 0 Å². The van der Waals surface area contributed by atoms with Crippen LogP contribution in [0, 0.1) is 0 Å². The number of ether oxygens (including phenoxy) is 1. The molecule has 1 aromatic carbocycles. The van der Waals surface area contributed by atoms with Gasteiger partial charge in [-0.05, 0) is 18.9 Å². The van der Waals surface area contributed by atoms with Crippen molar-refractivity contribution in [3.8, 4) is 0 Å². The maximum Gasteiger partial charge on any atom is 0.0772 e. The number of nitrogens with zero attached hydrogens (tertiary/aromatic N) is 2. The summed E-state index contributed by atoms with van der Waals surface area (Å²) in [6, 6.07) is 8.29. The van der Waals surface area contributed by atoms with E-state index < -0.39 is 0 Å². The summed E-state index contributed by atoms with van der Waals surface area (Å²) in [6.07, 6.45) is 4.62. The number of hydrogen-bond acceptors (Lipinski definition) is 2. The molecule has 0 aliphatic carbocycles. The number of para-hydroxylation sites is 1. The minimum absolute atomic E-state index is 0.355. The topological polar surface area (TPSA) is 27.1 Å². The number of aromatic nitrogens is 2. The van der Waals surface area contributed by atoms with Gasteiger partial charge >= 0.3 is 0 Å². The molecule has 0 spiro atoms. The summed E-state index contributed by atoms with van der Waals surface area (Å²) in [4.78, 5) is 0. The van der Waals surface area contributed by atoms with E-state index in [1.807, 2.05) is 16.9 Å². The van der Waals surface area contributed by atoms with Gasteiger partial charge in [0.05, 0.1) is 24.4 Å². The quantitative estimate of drug-likeness (QED) is 0.746. The van der Waals surface area contributed by atoms with E-state index in [1.165, 1.54) is 17.3 Å². The normalized spacial score (nSPS) is 21.2. The van der Waals surface area contributed by atoms with Crippen LogP contribution in [0.2, 0.25) is 0 Å². The molecule has 78 valence electrons. The van der Waals surface area contributed by atoms with E-state index in [0.29, 0.717) is 6.10 Å². The Bertz CT molecular complexity index is 457. The van der Waals surface area contributed by atoms with E-state index in [2.05, 4.69) is 23.3 Å². The smallest absolute Gasteiger partial charge is 0.0772 e. The van der Waals surface area contributed by atoms with Crippen molar-refractivity contribution < 1.29 is 4.74 Å². The van der Waals surface area contributed by atoms with Gasteiger partial charge in [-0.15, -0.1) is 0 Å². The summed E-state index contributed by atoms with van der Waals surface area (Å²) in [5.74, 6) is 0. The monoisotopic (exact) mass is 202 g/mol. The van der Waals surface area contributed by atoms with Crippen LogP contribution in [0.25, 0.3) is 10.9 Å². The molecule has 2 aromatic rings. The lowest BCUT2D eigenvalue weighted by Gasteiger charge is -2.09. The first-order chi connectivity index (χ1) is 7.43. The highest BCUT2D eigenvalue weighted by molar-refractivity contribution is 5.78. The number of benzene rings is 1. The molecular weight excluding hydrogens is 188 g/mol. The van der Waals surface area contributed by atoms with Gasteiger partial charge in [0.2, 0.25) is 0 Å². The fourth-order valence-electron chi connectivity index (χ4n) is 2.15. The largest absolute Gasteiger partial charge is 0.376 e. The Kier molecular flexibility index (Phi) is 2.18. The van der Waals surface area contributed by atoms with Crippen LogP contribution in [-0.2, 0) is 11.3 Å². The van der Waals surface area contributed by atoms with Crippen LogP contribution in [0.5, 0.6) is 0 Å². The summed E-state index contributed by atoms with van der Waals surface area (Å²) in [6.45, 7) is 1.79. The zero-order valence-corrected chi connectivity index (χ0v) is 8.60. The van der Waals surface area contributed by atoms with Crippen molar-refractivity contribution in [2.24, 2.45) is 0 Å². The standard InChI is InChI=1S/C12H14N2O/c1-2-6-12-10(4-1)8-13-14(12)9-11-5-3-7-15-11/h1-2,4,6,8,11H,3,5,7,9H2. The predicted molar refractivity (Wildman–Crippen MR) is 58.7 cm³/mol. The van der Waals surface area contributed by atoms with Gasteiger partial charge in [0.1, 0.15) is 0 Å². The molecule has 1 atom stereocenters. The summed E-state index contributed by atoms with van der Waals surface area (Å²) in [5.41, 5.74) is 1.20. The zero-order valence-electron chi connectivity index (χ0n) is 8.60. The van der Waals surface area contributed by atoms with E-state index in [1.54, 1.807) is 0 Å². The molecule has 1 unspecified atom stereocenters. The summed E-state index contributed by atoms with van der Waals surface area (Å²) >= 11 is 0. The van der Waals surface area contributed by atoms with E-state index in [0.717, 1.165) is 19.6 Å². The van der Waals surface area contributed by atoms with Crippen molar-refractivity contribution in [1.82, 2.24) is 9.78 Å². The molecule has 3 nitrogen and oxygen atoms in total. The fraction of sp³-hybridized carbons (Fsp3) is 0.417. The predicted octanol–water partition coefficient (Wildman–Crippen LogP) is 2.22. The lowest BCUT2D eigenvalue weighted by atomic mass is 10.2. The van der Waals surface area contributed by atoms with Gasteiger partial charge in [0.15, 0.2) is 0 Å². The van der Waals surface area contributed by atoms with Crippen molar-refractivity contribution in [3.05, 3.63) is 30.5 Å². The second-order valence-electron chi connectivity index (χ2n) is 4.02. The van der Waals surface area contributed by atoms with Crippen molar-refractivity contribution in [2.45, 2.75) is 25.5 Å². The first-order valence-electron chi connectivity index (χ1n) is 5.45. The first kappa shape index (κ1) is 8.92. The Balaban J connectivity index is 1.90. The van der Waals surface area contributed by atoms with Crippen LogP contribution in [-0.4, -0.2) is 22.5 Å². The van der Waals surface area contributed by atoms with E-state index >= 15 is 0 Å². The minimum atomic E-state index is 0.355. The maximum atomic E-state index is 5.61. The molecule has 0 N–H and O–H groups in total. The molecule has 3 heteroatoms. The highest BCUT2D eigenvalue weighted by Crippen LogP contribution is 2.17. The fourth-order valence-corrected chi connectivity index (χ4v) is 2.15. The van der Waals surface area contributed by atoms with E-state index in [4.69, 9.17) is 4.74 Å². The molecule has 1 aliphatic heterocycles. The van der Waals surface area contributed by atoms with Crippen molar-refractivity contribution in [3.63, 3.8) is 0 Å². The Morgan fingerprint density at radius 1 is 1.40 bits per heavy atom. The second kappa shape index (κ2) is 3.66. The summed E-state index contributed by atoms with van der Waals surface area (Å²) < 4.78 is 7.66. The highest BCUT2D eigenvalue weighted by atomic mass is 16.5. The van der Waals surface area contributed by atoms with Gasteiger partial charge in [-0.1, -0.05) is 18.2 Å². The number of rotatable bonds is 2. The molecule has 1 aliphatic rings. The van der Waals surface area contributed by atoms with Gasteiger partial charge in [-0.25, -0.2) is 0 Å². The molecule has 2 heterocycles. The van der Waals surface area contributed by atoms with Gasteiger partial charge < -0.3 is 4.74 Å². The SMILES string of the molecule is c1ccc2c(c1)cnn2CC1CCCO1.